The summed E-state index contributed by atoms with van der Waals surface area (Å²) in [6, 6.07) is 8.94. The number of hydrogen-bond donors (Lipinski definition) is 2. The Morgan fingerprint density at radius 1 is 1.20 bits per heavy atom. The lowest BCUT2D eigenvalue weighted by Crippen LogP contribution is -2.27. The van der Waals surface area contributed by atoms with Crippen molar-refractivity contribution < 1.29 is 13.6 Å². The highest BCUT2D eigenvalue weighted by molar-refractivity contribution is 5.95. The first kappa shape index (κ1) is 15.6. The molecule has 1 aromatic heterocycles. The number of anilines is 2. The van der Waals surface area contributed by atoms with E-state index in [-0.39, 0.29) is 11.8 Å². The van der Waals surface area contributed by atoms with Gasteiger partial charge in [-0.25, -0.2) is 8.78 Å². The molecule has 2 N–H and O–H groups in total. The maximum atomic E-state index is 13.4. The zero-order chi connectivity index (χ0) is 17.4. The lowest BCUT2D eigenvalue weighted by Gasteiger charge is -2.18. The highest BCUT2D eigenvalue weighted by Gasteiger charge is 2.29. The van der Waals surface area contributed by atoms with Crippen molar-refractivity contribution in [1.29, 1.82) is 0 Å². The van der Waals surface area contributed by atoms with Gasteiger partial charge in [-0.2, -0.15) is 5.10 Å². The van der Waals surface area contributed by atoms with E-state index in [9.17, 15) is 13.6 Å². The van der Waals surface area contributed by atoms with E-state index in [0.29, 0.717) is 30.9 Å². The van der Waals surface area contributed by atoms with Crippen LogP contribution in [0, 0.1) is 17.6 Å². The number of H-pyrrole nitrogens is 1. The number of amides is 1. The molecule has 5 nitrogen and oxygen atoms in total. The van der Waals surface area contributed by atoms with Crippen molar-refractivity contribution in [3.8, 4) is 0 Å². The second-order valence-electron chi connectivity index (χ2n) is 6.22. The van der Waals surface area contributed by atoms with Crippen LogP contribution in [0.5, 0.6) is 0 Å². The summed E-state index contributed by atoms with van der Waals surface area (Å²) < 4.78 is 26.7. The van der Waals surface area contributed by atoms with Crippen molar-refractivity contribution in [2.24, 2.45) is 5.92 Å². The fourth-order valence-corrected chi connectivity index (χ4v) is 3.20. The summed E-state index contributed by atoms with van der Waals surface area (Å²) in [5, 5.41) is 10.6. The molecule has 0 saturated carbocycles. The lowest BCUT2D eigenvalue weighted by atomic mass is 10.1. The van der Waals surface area contributed by atoms with E-state index in [0.717, 1.165) is 17.0 Å². The number of rotatable bonds is 3. The van der Waals surface area contributed by atoms with Gasteiger partial charge in [-0.05, 0) is 36.8 Å². The first-order valence-electron chi connectivity index (χ1n) is 8.03. The zero-order valence-corrected chi connectivity index (χ0v) is 13.3. The average Bonchev–Trinajstić information content (AvgIpc) is 3.23. The van der Waals surface area contributed by atoms with Gasteiger partial charge in [0.1, 0.15) is 11.6 Å². The highest BCUT2D eigenvalue weighted by atomic mass is 19.1. The molecule has 4 rings (SSSR count). The molecule has 128 valence electrons. The number of aromatic amines is 1. The van der Waals surface area contributed by atoms with E-state index < -0.39 is 11.6 Å². The van der Waals surface area contributed by atoms with Gasteiger partial charge < -0.3 is 10.2 Å². The van der Waals surface area contributed by atoms with Crippen molar-refractivity contribution in [3.05, 3.63) is 54.2 Å². The van der Waals surface area contributed by atoms with Crippen LogP contribution in [0.3, 0.4) is 0 Å². The van der Waals surface area contributed by atoms with Gasteiger partial charge in [0.05, 0.1) is 17.6 Å². The molecule has 1 saturated heterocycles. The Morgan fingerprint density at radius 2 is 2.00 bits per heavy atom. The molecular weight excluding hydrogens is 326 g/mol. The van der Waals surface area contributed by atoms with Crippen LogP contribution >= 0.6 is 0 Å². The Labute approximate surface area is 142 Å². The summed E-state index contributed by atoms with van der Waals surface area (Å²) in [5.74, 6) is -1.55. The number of fused-ring (bicyclic) bond motifs is 1. The zero-order valence-electron chi connectivity index (χ0n) is 13.3. The SMILES string of the molecule is O=C(Nc1ccc2[nH]ncc2c1)C1CCN(c2cc(F)cc(F)c2)C1. The van der Waals surface area contributed by atoms with Crippen molar-refractivity contribution >= 4 is 28.2 Å². The van der Waals surface area contributed by atoms with Crippen LogP contribution in [0.15, 0.2) is 42.6 Å². The van der Waals surface area contributed by atoms with Crippen molar-refractivity contribution in [1.82, 2.24) is 10.2 Å². The minimum atomic E-state index is -0.615. The summed E-state index contributed by atoms with van der Waals surface area (Å²) in [6.45, 7) is 1.02. The molecule has 1 amide bonds. The van der Waals surface area contributed by atoms with Crippen LogP contribution in [-0.4, -0.2) is 29.2 Å². The molecule has 1 aliphatic rings. The summed E-state index contributed by atoms with van der Waals surface area (Å²) in [5.41, 5.74) is 2.07. The van der Waals surface area contributed by atoms with Gasteiger partial charge in [-0.15, -0.1) is 0 Å². The molecule has 25 heavy (non-hydrogen) atoms. The van der Waals surface area contributed by atoms with Crippen LogP contribution in [0.1, 0.15) is 6.42 Å². The molecule has 2 aromatic carbocycles. The summed E-state index contributed by atoms with van der Waals surface area (Å²) in [7, 11) is 0. The normalized spacial score (nSPS) is 17.2. The lowest BCUT2D eigenvalue weighted by molar-refractivity contribution is -0.119. The van der Waals surface area contributed by atoms with Crippen LogP contribution in [0.2, 0.25) is 0 Å². The van der Waals surface area contributed by atoms with Crippen LogP contribution in [0.4, 0.5) is 20.2 Å². The Kier molecular flexibility index (Phi) is 3.83. The molecule has 3 aromatic rings. The number of aromatic nitrogens is 2. The maximum Gasteiger partial charge on any atom is 0.229 e. The Bertz CT molecular complexity index is 919. The van der Waals surface area contributed by atoms with Crippen LogP contribution in [0.25, 0.3) is 10.9 Å². The molecule has 7 heteroatoms. The standard InChI is InChI=1S/C18H16F2N4O/c19-13-6-14(20)8-16(7-13)24-4-3-11(10-24)18(25)22-15-1-2-17-12(5-15)9-21-23-17/h1-2,5-9,11H,3-4,10H2,(H,21,23)(H,22,25). The Hall–Kier alpha value is -2.96. The van der Waals surface area contributed by atoms with Gasteiger partial charge in [0.25, 0.3) is 0 Å². The third kappa shape index (κ3) is 3.17. The average molecular weight is 342 g/mol. The maximum absolute atomic E-state index is 13.4. The Morgan fingerprint density at radius 3 is 2.80 bits per heavy atom. The van der Waals surface area contributed by atoms with E-state index >= 15 is 0 Å². The summed E-state index contributed by atoms with van der Waals surface area (Å²) >= 11 is 0. The van der Waals surface area contributed by atoms with E-state index in [1.165, 1.54) is 12.1 Å². The van der Waals surface area contributed by atoms with E-state index in [1.807, 2.05) is 23.1 Å². The number of halogens is 2. The van der Waals surface area contributed by atoms with Gasteiger partial charge in [0.2, 0.25) is 5.91 Å². The molecule has 2 heterocycles. The van der Waals surface area contributed by atoms with Gasteiger partial charge in [-0.1, -0.05) is 0 Å². The third-order valence-electron chi connectivity index (χ3n) is 4.48. The van der Waals surface area contributed by atoms with E-state index in [2.05, 4.69) is 15.5 Å². The van der Waals surface area contributed by atoms with Gasteiger partial charge in [-0.3, -0.25) is 9.89 Å². The van der Waals surface area contributed by atoms with E-state index in [1.54, 1.807) is 6.20 Å². The predicted molar refractivity (Wildman–Crippen MR) is 91.4 cm³/mol. The topological polar surface area (TPSA) is 61.0 Å². The molecule has 0 bridgehead atoms. The minimum absolute atomic E-state index is 0.0952. The fourth-order valence-electron chi connectivity index (χ4n) is 3.20. The van der Waals surface area contributed by atoms with Gasteiger partial charge >= 0.3 is 0 Å². The monoisotopic (exact) mass is 342 g/mol. The number of carbonyl (C=O) groups excluding carboxylic acids is 1. The first-order valence-corrected chi connectivity index (χ1v) is 8.03. The molecule has 1 atom stereocenters. The second kappa shape index (κ2) is 6.16. The van der Waals surface area contributed by atoms with Crippen LogP contribution in [-0.2, 0) is 4.79 Å². The Balaban J connectivity index is 1.44. The quantitative estimate of drug-likeness (QED) is 0.768. The molecule has 0 radical (unpaired) electrons. The molecular formula is C18H16F2N4O. The number of benzene rings is 2. The molecule has 0 spiro atoms. The van der Waals surface area contributed by atoms with Crippen LogP contribution < -0.4 is 10.2 Å². The van der Waals surface area contributed by atoms with Crippen molar-refractivity contribution in [2.45, 2.75) is 6.42 Å². The van der Waals surface area contributed by atoms with Crippen molar-refractivity contribution in [2.75, 3.05) is 23.3 Å². The fraction of sp³-hybridized carbons (Fsp3) is 0.222. The molecule has 1 aliphatic heterocycles. The first-order chi connectivity index (χ1) is 12.1. The van der Waals surface area contributed by atoms with Gasteiger partial charge in [0.15, 0.2) is 0 Å². The predicted octanol–water partition coefficient (Wildman–Crippen LogP) is 3.31. The second-order valence-corrected chi connectivity index (χ2v) is 6.22. The number of carbonyl (C=O) groups is 1. The third-order valence-corrected chi connectivity index (χ3v) is 4.48. The smallest absolute Gasteiger partial charge is 0.229 e. The molecule has 1 fully saturated rings. The highest BCUT2D eigenvalue weighted by Crippen LogP contribution is 2.26. The number of nitrogens with zero attached hydrogens (tertiary/aromatic N) is 2. The van der Waals surface area contributed by atoms with Gasteiger partial charge in [0, 0.05) is 35.9 Å². The van der Waals surface area contributed by atoms with Crippen molar-refractivity contribution in [3.63, 3.8) is 0 Å². The number of nitrogens with one attached hydrogen (secondary N) is 2. The largest absolute Gasteiger partial charge is 0.371 e. The summed E-state index contributed by atoms with van der Waals surface area (Å²) in [6.07, 6.45) is 2.33. The van der Waals surface area contributed by atoms with E-state index in [4.69, 9.17) is 0 Å². The molecule has 0 aliphatic carbocycles. The molecule has 1 unspecified atom stereocenters. The summed E-state index contributed by atoms with van der Waals surface area (Å²) in [4.78, 5) is 14.3. The number of hydrogen-bond acceptors (Lipinski definition) is 3. The minimum Gasteiger partial charge on any atom is -0.371 e.